The molecule has 0 heterocycles. The molecule has 0 radical (unpaired) electrons. The van der Waals surface area contributed by atoms with E-state index in [1.807, 2.05) is 6.79 Å². The minimum Gasteiger partial charge on any atom is -0.450 e. The van der Waals surface area contributed by atoms with E-state index < -0.39 is 6.16 Å². The predicted molar refractivity (Wildman–Crippen MR) is 91.3 cm³/mol. The Balaban J connectivity index is 0. The molecule has 0 spiro atoms. The first kappa shape index (κ1) is 26.9. The molecule has 0 aromatic rings. The maximum Gasteiger partial charge on any atom is 0.505 e. The van der Waals surface area contributed by atoms with E-state index in [1.165, 1.54) is 0 Å². The molecule has 0 aliphatic rings. The molecular formula is C16H32O10. The fourth-order valence-electron chi connectivity index (χ4n) is 1.61. The van der Waals surface area contributed by atoms with Gasteiger partial charge in [-0.05, 0) is 19.3 Å². The van der Waals surface area contributed by atoms with Crippen LogP contribution in [0.3, 0.4) is 0 Å². The van der Waals surface area contributed by atoms with Crippen LogP contribution in [-0.2, 0) is 28.5 Å². The summed E-state index contributed by atoms with van der Waals surface area (Å²) in [5.41, 5.74) is 0. The van der Waals surface area contributed by atoms with Gasteiger partial charge in [0.2, 0.25) is 0 Å². The van der Waals surface area contributed by atoms with E-state index >= 15 is 0 Å². The monoisotopic (exact) mass is 384 g/mol. The second kappa shape index (κ2) is 23.7. The smallest absolute Gasteiger partial charge is 0.450 e. The van der Waals surface area contributed by atoms with Crippen LogP contribution in [0.4, 0.5) is 4.79 Å². The van der Waals surface area contributed by atoms with Crippen LogP contribution in [0, 0.1) is 0 Å². The van der Waals surface area contributed by atoms with Crippen LogP contribution in [0.5, 0.6) is 0 Å². The fourth-order valence-corrected chi connectivity index (χ4v) is 1.61. The highest BCUT2D eigenvalue weighted by atomic mass is 16.7. The summed E-state index contributed by atoms with van der Waals surface area (Å²) < 4.78 is 26.0. The maximum atomic E-state index is 10.2. The number of unbranched alkanes of at least 4 members (excludes halogenated alkanes) is 1. The number of ether oxygens (including phenoxy) is 5. The summed E-state index contributed by atoms with van der Waals surface area (Å²) in [6, 6.07) is 0. The molecule has 0 bridgehead atoms. The number of rotatable bonds is 18. The SMILES string of the molecule is C=O.O=C(O)OCCOCC(COCCOCCCO)OCCCCO. The zero-order valence-corrected chi connectivity index (χ0v) is 15.2. The quantitative estimate of drug-likeness (QED) is 0.220. The van der Waals surface area contributed by atoms with E-state index in [0.717, 1.165) is 6.42 Å². The minimum absolute atomic E-state index is 0.0356. The van der Waals surface area contributed by atoms with Crippen LogP contribution >= 0.6 is 0 Å². The van der Waals surface area contributed by atoms with Crippen LogP contribution in [0.15, 0.2) is 0 Å². The van der Waals surface area contributed by atoms with Crippen LogP contribution in [0.25, 0.3) is 0 Å². The highest BCUT2D eigenvalue weighted by Crippen LogP contribution is 1.99. The van der Waals surface area contributed by atoms with E-state index in [1.54, 1.807) is 0 Å². The van der Waals surface area contributed by atoms with Gasteiger partial charge in [0.25, 0.3) is 0 Å². The van der Waals surface area contributed by atoms with Crippen molar-refractivity contribution in [2.75, 3.05) is 66.1 Å². The third kappa shape index (κ3) is 22.7. The Kier molecular flexibility index (Phi) is 24.5. The molecule has 3 N–H and O–H groups in total. The summed E-state index contributed by atoms with van der Waals surface area (Å²) in [7, 11) is 0. The molecular weight excluding hydrogens is 352 g/mol. The van der Waals surface area contributed by atoms with Gasteiger partial charge in [-0.25, -0.2) is 4.79 Å². The molecule has 0 saturated carbocycles. The Bertz CT molecular complexity index is 290. The van der Waals surface area contributed by atoms with Gasteiger partial charge in [-0.1, -0.05) is 0 Å². The molecule has 1 atom stereocenters. The molecule has 10 nitrogen and oxygen atoms in total. The molecule has 0 amide bonds. The molecule has 0 saturated heterocycles. The lowest BCUT2D eigenvalue weighted by molar-refractivity contribution is -0.0980. The van der Waals surface area contributed by atoms with Crippen molar-refractivity contribution in [2.24, 2.45) is 0 Å². The number of aliphatic hydroxyl groups excluding tert-OH is 2. The topological polar surface area (TPSA) is 141 Å². The molecule has 0 aromatic carbocycles. The van der Waals surface area contributed by atoms with Gasteiger partial charge in [0.1, 0.15) is 19.5 Å². The van der Waals surface area contributed by atoms with Crippen molar-refractivity contribution in [2.45, 2.75) is 25.4 Å². The van der Waals surface area contributed by atoms with Gasteiger partial charge < -0.3 is 43.8 Å². The van der Waals surface area contributed by atoms with Crippen LogP contribution < -0.4 is 0 Å². The first-order chi connectivity index (χ1) is 12.7. The molecule has 0 aliphatic heterocycles. The molecule has 1 unspecified atom stereocenters. The highest BCUT2D eigenvalue weighted by molar-refractivity contribution is 5.56. The summed E-state index contributed by atoms with van der Waals surface area (Å²) in [4.78, 5) is 18.2. The number of carboxylic acid groups (broad SMARTS) is 1. The first-order valence-corrected chi connectivity index (χ1v) is 8.41. The standard InChI is InChI=1S/C15H30O9.CH2O/c16-4-1-2-7-23-14(13-22-10-11-24-15(18)19)12-21-9-8-20-6-3-5-17;1-2/h14,16-17H,1-13H2,(H,18,19);1H2. The molecule has 156 valence electrons. The summed E-state index contributed by atoms with van der Waals surface area (Å²) in [6.07, 6.45) is 0.382. The van der Waals surface area contributed by atoms with Crippen LogP contribution in [0.2, 0.25) is 0 Å². The average Bonchev–Trinajstić information content (AvgIpc) is 2.64. The second-order valence-electron chi connectivity index (χ2n) is 4.88. The van der Waals surface area contributed by atoms with E-state index in [0.29, 0.717) is 45.9 Å². The predicted octanol–water partition coefficient (Wildman–Crippen LogP) is 0.0860. The van der Waals surface area contributed by atoms with Crippen molar-refractivity contribution in [1.82, 2.24) is 0 Å². The van der Waals surface area contributed by atoms with Crippen LogP contribution in [-0.4, -0.2) is 100 Å². The zero-order valence-electron chi connectivity index (χ0n) is 15.2. The zero-order chi connectivity index (χ0) is 19.9. The van der Waals surface area contributed by atoms with Gasteiger partial charge in [-0.15, -0.1) is 0 Å². The van der Waals surface area contributed by atoms with Crippen molar-refractivity contribution >= 4 is 12.9 Å². The lowest BCUT2D eigenvalue weighted by Gasteiger charge is -2.18. The van der Waals surface area contributed by atoms with Gasteiger partial charge in [0.15, 0.2) is 0 Å². The molecule has 0 aliphatic carbocycles. The number of hydrogen-bond acceptors (Lipinski definition) is 9. The van der Waals surface area contributed by atoms with Gasteiger partial charge in [-0.3, -0.25) is 0 Å². The third-order valence-corrected chi connectivity index (χ3v) is 2.79. The minimum atomic E-state index is -1.33. The molecule has 0 fully saturated rings. The summed E-state index contributed by atoms with van der Waals surface area (Å²) in [5.74, 6) is 0. The van der Waals surface area contributed by atoms with Crippen molar-refractivity contribution in [3.05, 3.63) is 0 Å². The van der Waals surface area contributed by atoms with Crippen molar-refractivity contribution < 1.29 is 48.6 Å². The lowest BCUT2D eigenvalue weighted by atomic mass is 10.3. The first-order valence-electron chi connectivity index (χ1n) is 8.41. The van der Waals surface area contributed by atoms with E-state index in [4.69, 9.17) is 39.1 Å². The molecule has 0 rings (SSSR count). The van der Waals surface area contributed by atoms with Crippen molar-refractivity contribution in [3.63, 3.8) is 0 Å². The van der Waals surface area contributed by atoms with E-state index in [9.17, 15) is 4.79 Å². The average molecular weight is 384 g/mol. The molecule has 10 heteroatoms. The summed E-state index contributed by atoms with van der Waals surface area (Å²) in [5, 5.41) is 25.7. The Hall–Kier alpha value is -1.30. The van der Waals surface area contributed by atoms with Crippen molar-refractivity contribution in [1.29, 1.82) is 0 Å². The highest BCUT2D eigenvalue weighted by Gasteiger charge is 2.10. The Morgan fingerprint density at radius 3 is 1.92 bits per heavy atom. The molecule has 0 aromatic heterocycles. The lowest BCUT2D eigenvalue weighted by Crippen LogP contribution is -2.28. The Labute approximate surface area is 153 Å². The van der Waals surface area contributed by atoms with Gasteiger partial charge in [0, 0.05) is 26.4 Å². The second-order valence-corrected chi connectivity index (χ2v) is 4.88. The van der Waals surface area contributed by atoms with Crippen molar-refractivity contribution in [3.8, 4) is 0 Å². The summed E-state index contributed by atoms with van der Waals surface area (Å²) >= 11 is 0. The van der Waals surface area contributed by atoms with E-state index in [2.05, 4.69) is 4.74 Å². The maximum absolute atomic E-state index is 10.2. The number of carbonyl (C=O) groups excluding carboxylic acids is 1. The Morgan fingerprint density at radius 2 is 1.35 bits per heavy atom. The van der Waals surface area contributed by atoms with Gasteiger partial charge in [0.05, 0.1) is 33.0 Å². The fraction of sp³-hybridized carbons (Fsp3) is 0.875. The van der Waals surface area contributed by atoms with Crippen LogP contribution in [0.1, 0.15) is 19.3 Å². The number of carbonyl (C=O) groups is 2. The summed E-state index contributed by atoms with van der Waals surface area (Å²) in [6.45, 7) is 4.74. The normalized spacial score (nSPS) is 11.5. The van der Waals surface area contributed by atoms with E-state index in [-0.39, 0.29) is 39.1 Å². The molecule has 26 heavy (non-hydrogen) atoms. The van der Waals surface area contributed by atoms with Gasteiger partial charge in [-0.2, -0.15) is 0 Å². The largest absolute Gasteiger partial charge is 0.505 e. The Morgan fingerprint density at radius 1 is 0.769 bits per heavy atom. The number of hydrogen-bond donors (Lipinski definition) is 3. The van der Waals surface area contributed by atoms with Gasteiger partial charge >= 0.3 is 6.16 Å². The number of aliphatic hydroxyl groups is 2. The third-order valence-electron chi connectivity index (χ3n) is 2.79.